The molecule has 1 saturated heterocycles. The van der Waals surface area contributed by atoms with E-state index in [1.54, 1.807) is 44.3 Å². The minimum Gasteiger partial charge on any atom is -0.508 e. The molecular weight excluding hydrogens is 1420 g/mol. The molecule has 0 radical (unpaired) electrons. The summed E-state index contributed by atoms with van der Waals surface area (Å²) in [6.07, 6.45) is 2.32. The van der Waals surface area contributed by atoms with Gasteiger partial charge in [0.25, 0.3) is 0 Å². The number of phenolic OH excluding ortho intramolecular Hbond substituents is 1. The van der Waals surface area contributed by atoms with Crippen LogP contribution in [0, 0.1) is 11.7 Å². The molecule has 0 spiro atoms. The molecular formula is C78H105FN18O13. The van der Waals surface area contributed by atoms with Crippen molar-refractivity contribution in [2.45, 2.75) is 179 Å². The van der Waals surface area contributed by atoms with Gasteiger partial charge in [-0.05, 0) is 141 Å². The quantitative estimate of drug-likeness (QED) is 0.0145. The number of guanidine groups is 2. The van der Waals surface area contributed by atoms with Crippen molar-refractivity contribution >= 4 is 98.6 Å². The van der Waals surface area contributed by atoms with Crippen molar-refractivity contribution in [3.05, 3.63) is 150 Å². The average Bonchev–Trinajstić information content (AvgIpc) is 1.50. The van der Waals surface area contributed by atoms with Gasteiger partial charge in [0.1, 0.15) is 72.0 Å². The number of carbonyl (C=O) groups is 11. The standard InChI is InChI=1S/C78H105FN18O13/c1-7-83-78(84-8-2)86-34-14-13-21-58(68(102)92-60(37-45(3)4)69(103)91-59(22-15-35-85-77(81)82)76(110)97-36-16-23-66(97)75(109)88-46(5)67(80)101)90-71(105)62(40-49-27-32-55(100)33-28-49)94-74(108)65(44-98)96-73(107)64(42-53-43-87-57-20-12-11-19-56(53)57)95-72(106)63(39-48-25-30-54(79)31-26-48)93-70(104)61(89-47(6)99)41-50-24-29-51-17-9-10-18-52(51)38-50/h9-12,17-20,24-33,38,43,45-46,58-66,87,98,100H,7-8,13-16,21-23,34-37,39-42,44H2,1-6H3,(H2,80,101)(H,88,109)(H,89,99)(H,90,105)(H,91,103)(H,92,102)(H,93,104)(H,94,108)(H,95,106)(H,96,107)(H4,81,82,85)(H2,83,84,86)/t46-,58-,59+,60+,61-,62+,63-,64-,65+,66+/m1/s1. The van der Waals surface area contributed by atoms with Crippen LogP contribution in [0.5, 0.6) is 5.75 Å². The van der Waals surface area contributed by atoms with Crippen molar-refractivity contribution in [1.82, 2.24) is 68.4 Å². The molecule has 20 N–H and O–H groups in total. The summed E-state index contributed by atoms with van der Waals surface area (Å²) in [4.78, 5) is 170. The number of aliphatic hydroxyl groups is 1. The van der Waals surface area contributed by atoms with Crippen LogP contribution in [0.3, 0.4) is 0 Å². The molecule has 10 atom stereocenters. The Morgan fingerprint density at radius 1 is 0.573 bits per heavy atom. The molecule has 592 valence electrons. The van der Waals surface area contributed by atoms with Gasteiger partial charge in [0.05, 0.1) is 6.61 Å². The molecule has 2 heterocycles. The molecule has 1 aliphatic rings. The number of aliphatic hydroxyl groups excluding tert-OH is 1. The molecule has 1 fully saturated rings. The SMILES string of the molecule is CCN=C(NCC)NCCCC[C@@H](NC(=O)[C@H](Cc1ccc(O)cc1)NC(=O)[C@H](CO)NC(=O)[C@@H](Cc1c[nH]c2ccccc12)NC(=O)[C@@H](Cc1ccc(F)cc1)NC(=O)[C@@H](Cc1ccc2ccccc2c1)NC(C)=O)C(=O)N[C@@H](CC(C)C)C(=O)N[C@@H](CCCN=C(N)N)C(=O)N1CCC[C@H]1C(=O)N[C@H](C)C(N)=O. The van der Waals surface area contributed by atoms with Crippen molar-refractivity contribution in [3.8, 4) is 5.75 Å². The molecule has 31 nitrogen and oxygen atoms in total. The number of likely N-dealkylation sites (tertiary alicyclic amines) is 1. The highest BCUT2D eigenvalue weighted by Crippen LogP contribution is 2.24. The lowest BCUT2D eigenvalue weighted by Gasteiger charge is -2.31. The van der Waals surface area contributed by atoms with Crippen molar-refractivity contribution < 1.29 is 67.3 Å². The number of amides is 11. The van der Waals surface area contributed by atoms with Crippen LogP contribution in [0.25, 0.3) is 21.7 Å². The van der Waals surface area contributed by atoms with E-state index in [0.29, 0.717) is 71.6 Å². The summed E-state index contributed by atoms with van der Waals surface area (Å²) in [5.74, 6) is -9.58. The molecule has 11 amide bonds. The Labute approximate surface area is 638 Å². The lowest BCUT2D eigenvalue weighted by atomic mass is 9.99. The number of benzene rings is 5. The van der Waals surface area contributed by atoms with Crippen LogP contribution in [0.1, 0.15) is 115 Å². The molecule has 32 heteroatoms. The Kier molecular flexibility index (Phi) is 33.2. The summed E-state index contributed by atoms with van der Waals surface area (Å²) in [7, 11) is 0. The number of aliphatic imine (C=N–C) groups is 2. The zero-order valence-corrected chi connectivity index (χ0v) is 63.0. The van der Waals surface area contributed by atoms with Crippen molar-refractivity contribution in [3.63, 3.8) is 0 Å². The van der Waals surface area contributed by atoms with Crippen LogP contribution in [-0.4, -0.2) is 197 Å². The number of aromatic hydroxyl groups is 1. The summed E-state index contributed by atoms with van der Waals surface area (Å²) in [5.41, 5.74) is 19.3. The van der Waals surface area contributed by atoms with E-state index >= 15 is 19.2 Å². The second-order valence-electron chi connectivity index (χ2n) is 27.7. The van der Waals surface area contributed by atoms with Gasteiger partial charge in [0.2, 0.25) is 65.0 Å². The number of nitrogens with two attached hydrogens (primary N) is 3. The Balaban J connectivity index is 1.17. The highest BCUT2D eigenvalue weighted by Gasteiger charge is 2.40. The van der Waals surface area contributed by atoms with Gasteiger partial charge in [-0.2, -0.15) is 0 Å². The van der Waals surface area contributed by atoms with Crippen molar-refractivity contribution in [2.75, 3.05) is 39.3 Å². The number of carbonyl (C=O) groups excluding carboxylic acids is 11. The molecule has 6 aromatic rings. The zero-order chi connectivity index (χ0) is 80.0. The van der Waals surface area contributed by atoms with Gasteiger partial charge in [0, 0.05) is 82.4 Å². The van der Waals surface area contributed by atoms with Crippen LogP contribution in [0.4, 0.5) is 4.39 Å². The number of halogens is 1. The summed E-state index contributed by atoms with van der Waals surface area (Å²) < 4.78 is 14.4. The van der Waals surface area contributed by atoms with Gasteiger partial charge < -0.3 is 95.8 Å². The highest BCUT2D eigenvalue weighted by atomic mass is 19.1. The second kappa shape index (κ2) is 42.7. The lowest BCUT2D eigenvalue weighted by molar-refractivity contribution is -0.142. The predicted molar refractivity (Wildman–Crippen MR) is 414 cm³/mol. The number of hydrogen-bond donors (Lipinski definition) is 17. The molecule has 7 rings (SSSR count). The highest BCUT2D eigenvalue weighted by molar-refractivity contribution is 6.00. The van der Waals surface area contributed by atoms with E-state index in [2.05, 4.69) is 73.5 Å². The Morgan fingerprint density at radius 2 is 1.10 bits per heavy atom. The fourth-order valence-corrected chi connectivity index (χ4v) is 12.8. The normalized spacial score (nSPS) is 15.2. The third-order valence-electron chi connectivity index (χ3n) is 18.5. The molecule has 1 aliphatic heterocycles. The van der Waals surface area contributed by atoms with Gasteiger partial charge in [0.15, 0.2) is 11.9 Å². The van der Waals surface area contributed by atoms with Crippen LogP contribution in [0.2, 0.25) is 0 Å². The third kappa shape index (κ3) is 26.6. The largest absolute Gasteiger partial charge is 0.508 e. The summed E-state index contributed by atoms with van der Waals surface area (Å²) >= 11 is 0. The number of aromatic amines is 1. The second-order valence-corrected chi connectivity index (χ2v) is 27.7. The Hall–Kier alpha value is -11.7. The number of rotatable bonds is 41. The van der Waals surface area contributed by atoms with E-state index in [1.807, 2.05) is 56.3 Å². The molecule has 0 aliphatic carbocycles. The third-order valence-corrected chi connectivity index (χ3v) is 18.5. The maximum atomic E-state index is 15.2. The maximum Gasteiger partial charge on any atom is 0.245 e. The van der Waals surface area contributed by atoms with E-state index in [-0.39, 0.29) is 94.9 Å². The van der Waals surface area contributed by atoms with E-state index in [4.69, 9.17) is 17.2 Å². The van der Waals surface area contributed by atoms with Gasteiger partial charge >= 0.3 is 0 Å². The average molecular weight is 1520 g/mol. The van der Waals surface area contributed by atoms with Crippen LogP contribution < -0.4 is 75.7 Å². The van der Waals surface area contributed by atoms with E-state index < -0.39 is 138 Å². The number of hydrogen-bond acceptors (Lipinski definition) is 15. The lowest BCUT2D eigenvalue weighted by Crippen LogP contribution is -2.61. The minimum atomic E-state index is -1.85. The van der Waals surface area contributed by atoms with E-state index in [9.17, 15) is 48.2 Å². The van der Waals surface area contributed by atoms with Gasteiger partial charge in [-0.3, -0.25) is 62.7 Å². The number of para-hydroxylation sites is 1. The molecule has 1 aromatic heterocycles. The van der Waals surface area contributed by atoms with E-state index in [0.717, 1.165) is 10.8 Å². The van der Waals surface area contributed by atoms with E-state index in [1.165, 1.54) is 67.3 Å². The number of H-pyrrole nitrogens is 1. The number of aromatic nitrogens is 1. The number of phenols is 1. The van der Waals surface area contributed by atoms with Crippen LogP contribution in [0.15, 0.2) is 131 Å². The molecule has 0 unspecified atom stereocenters. The van der Waals surface area contributed by atoms with Gasteiger partial charge in [-0.15, -0.1) is 0 Å². The first kappa shape index (κ1) is 85.5. The maximum absolute atomic E-state index is 15.2. The fraction of sp³-hybridized carbons (Fsp3) is 0.449. The Bertz CT molecular complexity index is 4210. The molecule has 110 heavy (non-hydrogen) atoms. The fourth-order valence-electron chi connectivity index (χ4n) is 12.8. The first-order chi connectivity index (χ1) is 52.6. The minimum absolute atomic E-state index is 0.00216. The molecule has 5 aromatic carbocycles. The summed E-state index contributed by atoms with van der Waals surface area (Å²) in [6.45, 7) is 10.6. The first-order valence-corrected chi connectivity index (χ1v) is 37.2. The number of nitrogens with one attached hydrogen (secondary N) is 12. The van der Waals surface area contributed by atoms with Crippen molar-refractivity contribution in [2.24, 2.45) is 33.1 Å². The predicted octanol–water partition coefficient (Wildman–Crippen LogP) is 1.15. The Morgan fingerprint density at radius 3 is 1.71 bits per heavy atom. The summed E-state index contributed by atoms with van der Waals surface area (Å²) in [6, 6.07) is 17.2. The number of fused-ring (bicyclic) bond motifs is 2. The number of nitrogens with zero attached hydrogens (tertiary/aromatic N) is 3. The smallest absolute Gasteiger partial charge is 0.245 e. The van der Waals surface area contributed by atoms with Crippen LogP contribution in [-0.2, 0) is 78.4 Å². The summed E-state index contributed by atoms with van der Waals surface area (Å²) in [5, 5.41) is 54.6. The number of primary amides is 1. The molecule has 0 saturated carbocycles. The zero-order valence-electron chi connectivity index (χ0n) is 63.0. The first-order valence-electron chi connectivity index (χ1n) is 37.2. The monoisotopic (exact) mass is 1520 g/mol. The molecule has 0 bridgehead atoms. The van der Waals surface area contributed by atoms with Crippen molar-refractivity contribution in [1.29, 1.82) is 0 Å². The van der Waals surface area contributed by atoms with Gasteiger partial charge in [-0.1, -0.05) is 98.8 Å². The van der Waals surface area contributed by atoms with Gasteiger partial charge in [-0.25, -0.2) is 4.39 Å². The topological polar surface area (TPSA) is 482 Å². The number of unbranched alkanes of at least 4 members (excludes halogenated alkanes) is 1. The van der Waals surface area contributed by atoms with Crippen LogP contribution >= 0.6 is 0 Å².